The number of carbonyl (C=O) groups is 1. The Morgan fingerprint density at radius 3 is 2.40 bits per heavy atom. The number of nitrogens with zero attached hydrogens (tertiary/aromatic N) is 4. The molecule has 0 atom stereocenters. The van der Waals surface area contributed by atoms with E-state index in [2.05, 4.69) is 46.7 Å². The van der Waals surface area contributed by atoms with E-state index >= 15 is 0 Å². The molecule has 0 radical (unpaired) electrons. The zero-order valence-corrected chi connectivity index (χ0v) is 20.7. The van der Waals surface area contributed by atoms with Gasteiger partial charge in [0.2, 0.25) is 0 Å². The van der Waals surface area contributed by atoms with Crippen LogP contribution in [0.5, 0.6) is 5.75 Å². The zero-order chi connectivity index (χ0) is 24.6. The van der Waals surface area contributed by atoms with Crippen molar-refractivity contribution in [1.29, 1.82) is 0 Å². The van der Waals surface area contributed by atoms with Gasteiger partial charge in [0.25, 0.3) is 5.91 Å². The van der Waals surface area contributed by atoms with E-state index in [9.17, 15) is 4.79 Å². The summed E-state index contributed by atoms with van der Waals surface area (Å²) in [6.45, 7) is 4.30. The van der Waals surface area contributed by atoms with Crippen LogP contribution in [0.15, 0.2) is 89.1 Å². The topological polar surface area (TPSA) is 81.4 Å². The van der Waals surface area contributed by atoms with Crippen molar-refractivity contribution < 1.29 is 9.53 Å². The van der Waals surface area contributed by atoms with E-state index in [4.69, 9.17) is 4.74 Å². The molecule has 0 bridgehead atoms. The molecule has 7 nitrogen and oxygen atoms in total. The normalized spacial score (nSPS) is 11.2. The van der Waals surface area contributed by atoms with Crippen LogP contribution in [-0.2, 0) is 4.79 Å². The molecule has 0 unspecified atom stereocenters. The first-order valence-corrected chi connectivity index (χ1v) is 12.2. The molecule has 4 rings (SSSR count). The van der Waals surface area contributed by atoms with Gasteiger partial charge in [-0.15, -0.1) is 10.2 Å². The predicted molar refractivity (Wildman–Crippen MR) is 140 cm³/mol. The van der Waals surface area contributed by atoms with Gasteiger partial charge in [-0.3, -0.25) is 9.36 Å². The smallest absolute Gasteiger partial charge is 0.250 e. The Kier molecular flexibility index (Phi) is 7.95. The van der Waals surface area contributed by atoms with Gasteiger partial charge in [-0.2, -0.15) is 5.10 Å². The fourth-order valence-corrected chi connectivity index (χ4v) is 4.15. The minimum atomic E-state index is -0.226. The molecular formula is C27H27N5O2S. The van der Waals surface area contributed by atoms with Crippen LogP contribution in [0.2, 0.25) is 0 Å². The summed E-state index contributed by atoms with van der Waals surface area (Å²) in [5, 5.41) is 13.5. The van der Waals surface area contributed by atoms with Crippen LogP contribution in [0.1, 0.15) is 30.9 Å². The number of thioether (sulfide) groups is 1. The van der Waals surface area contributed by atoms with Crippen LogP contribution in [0.4, 0.5) is 0 Å². The molecule has 35 heavy (non-hydrogen) atoms. The van der Waals surface area contributed by atoms with Gasteiger partial charge in [0.15, 0.2) is 11.0 Å². The van der Waals surface area contributed by atoms with Crippen molar-refractivity contribution in [2.45, 2.75) is 24.9 Å². The highest BCUT2D eigenvalue weighted by molar-refractivity contribution is 7.99. The maximum absolute atomic E-state index is 12.4. The number of hydrogen-bond donors (Lipinski definition) is 1. The lowest BCUT2D eigenvalue weighted by atomic mass is 10.0. The van der Waals surface area contributed by atoms with Crippen molar-refractivity contribution >= 4 is 23.9 Å². The summed E-state index contributed by atoms with van der Waals surface area (Å²) in [5.74, 6) is 1.85. The summed E-state index contributed by atoms with van der Waals surface area (Å²) >= 11 is 1.30. The van der Waals surface area contributed by atoms with Crippen molar-refractivity contribution in [3.05, 3.63) is 90.0 Å². The lowest BCUT2D eigenvalue weighted by molar-refractivity contribution is -0.118. The number of rotatable bonds is 9. The quantitative estimate of drug-likeness (QED) is 0.197. The molecule has 0 fully saturated rings. The van der Waals surface area contributed by atoms with E-state index in [1.165, 1.54) is 17.3 Å². The largest absolute Gasteiger partial charge is 0.497 e. The number of nitrogens with one attached hydrogen (secondary N) is 1. The average molecular weight is 486 g/mol. The highest BCUT2D eigenvalue weighted by atomic mass is 32.2. The van der Waals surface area contributed by atoms with E-state index in [0.29, 0.717) is 16.9 Å². The minimum Gasteiger partial charge on any atom is -0.497 e. The Bertz CT molecular complexity index is 1280. The number of amides is 1. The molecule has 0 aliphatic heterocycles. The number of hydrazone groups is 1. The second-order valence-electron chi connectivity index (χ2n) is 8.11. The van der Waals surface area contributed by atoms with Crippen molar-refractivity contribution in [2.75, 3.05) is 12.9 Å². The van der Waals surface area contributed by atoms with Gasteiger partial charge in [-0.25, -0.2) is 5.43 Å². The van der Waals surface area contributed by atoms with Gasteiger partial charge in [0.05, 0.1) is 19.1 Å². The van der Waals surface area contributed by atoms with E-state index in [-0.39, 0.29) is 11.7 Å². The molecule has 1 N–H and O–H groups in total. The third kappa shape index (κ3) is 6.16. The molecule has 1 heterocycles. The van der Waals surface area contributed by atoms with E-state index < -0.39 is 0 Å². The first-order valence-electron chi connectivity index (χ1n) is 11.2. The number of aromatic nitrogens is 3. The molecule has 0 aliphatic rings. The van der Waals surface area contributed by atoms with E-state index in [0.717, 1.165) is 22.6 Å². The van der Waals surface area contributed by atoms with Gasteiger partial charge in [0.1, 0.15) is 5.75 Å². The summed E-state index contributed by atoms with van der Waals surface area (Å²) < 4.78 is 7.22. The molecule has 0 saturated heterocycles. The first kappa shape index (κ1) is 24.2. The van der Waals surface area contributed by atoms with Gasteiger partial charge in [-0.1, -0.05) is 80.2 Å². The standard InChI is InChI=1S/C27H27N5O2S/c1-19(2)21-11-9-20(10-12-21)17-28-29-25(33)18-35-27-31-30-26(22-7-5-4-6-8-22)32(27)23-13-15-24(34-3)16-14-23/h4-17,19H,18H2,1-3H3,(H,29,33)/b28-17+. The van der Waals surface area contributed by atoms with Crippen LogP contribution >= 0.6 is 11.8 Å². The maximum atomic E-state index is 12.4. The maximum Gasteiger partial charge on any atom is 0.250 e. The average Bonchev–Trinajstić information content (AvgIpc) is 3.32. The molecule has 178 valence electrons. The van der Waals surface area contributed by atoms with Crippen molar-refractivity contribution in [3.8, 4) is 22.8 Å². The molecule has 0 spiro atoms. The highest BCUT2D eigenvalue weighted by Gasteiger charge is 2.17. The number of benzene rings is 3. The van der Waals surface area contributed by atoms with Crippen LogP contribution in [-0.4, -0.2) is 39.7 Å². The van der Waals surface area contributed by atoms with Crippen molar-refractivity contribution in [1.82, 2.24) is 20.2 Å². The number of methoxy groups -OCH3 is 1. The summed E-state index contributed by atoms with van der Waals surface area (Å²) in [6.07, 6.45) is 1.64. The fourth-order valence-electron chi connectivity index (χ4n) is 3.41. The van der Waals surface area contributed by atoms with Crippen LogP contribution in [0.3, 0.4) is 0 Å². The van der Waals surface area contributed by atoms with Crippen LogP contribution in [0.25, 0.3) is 17.1 Å². The number of ether oxygens (including phenoxy) is 1. The molecule has 1 aromatic heterocycles. The SMILES string of the molecule is COc1ccc(-n2c(SCC(=O)N/N=C/c3ccc(C(C)C)cc3)nnc2-c2ccccc2)cc1. The second kappa shape index (κ2) is 11.5. The first-order chi connectivity index (χ1) is 17.0. The Hall–Kier alpha value is -3.91. The Labute approximate surface area is 209 Å². The Morgan fingerprint density at radius 2 is 1.74 bits per heavy atom. The van der Waals surface area contributed by atoms with Crippen molar-refractivity contribution in [3.63, 3.8) is 0 Å². The minimum absolute atomic E-state index is 0.146. The van der Waals surface area contributed by atoms with Crippen LogP contribution in [0, 0.1) is 0 Å². The molecule has 3 aromatic carbocycles. The molecule has 0 aliphatic carbocycles. The summed E-state index contributed by atoms with van der Waals surface area (Å²) in [7, 11) is 1.63. The van der Waals surface area contributed by atoms with Gasteiger partial charge in [-0.05, 0) is 41.3 Å². The highest BCUT2D eigenvalue weighted by Crippen LogP contribution is 2.28. The van der Waals surface area contributed by atoms with Gasteiger partial charge >= 0.3 is 0 Å². The summed E-state index contributed by atoms with van der Waals surface area (Å²) in [4.78, 5) is 12.4. The van der Waals surface area contributed by atoms with E-state index in [1.54, 1.807) is 13.3 Å². The molecule has 1 amide bonds. The molecule has 0 saturated carbocycles. The fraction of sp³-hybridized carbons (Fsp3) is 0.185. The lowest BCUT2D eigenvalue weighted by Gasteiger charge is -2.11. The zero-order valence-electron chi connectivity index (χ0n) is 19.9. The predicted octanol–water partition coefficient (Wildman–Crippen LogP) is 5.31. The number of carbonyl (C=O) groups excluding carboxylic acids is 1. The van der Waals surface area contributed by atoms with E-state index in [1.807, 2.05) is 71.3 Å². The third-order valence-corrected chi connectivity index (χ3v) is 6.26. The van der Waals surface area contributed by atoms with Gasteiger partial charge < -0.3 is 4.74 Å². The molecule has 8 heteroatoms. The lowest BCUT2D eigenvalue weighted by Crippen LogP contribution is -2.20. The monoisotopic (exact) mass is 485 g/mol. The summed E-state index contributed by atoms with van der Waals surface area (Å²) in [6, 6.07) is 25.6. The Balaban J connectivity index is 1.46. The second-order valence-corrected chi connectivity index (χ2v) is 9.05. The van der Waals surface area contributed by atoms with Crippen LogP contribution < -0.4 is 10.2 Å². The third-order valence-electron chi connectivity index (χ3n) is 5.33. The Morgan fingerprint density at radius 1 is 1.03 bits per heavy atom. The molecule has 4 aromatic rings. The molecular weight excluding hydrogens is 458 g/mol. The summed E-state index contributed by atoms with van der Waals surface area (Å²) in [5.41, 5.74) is 6.58. The van der Waals surface area contributed by atoms with Crippen molar-refractivity contribution in [2.24, 2.45) is 5.10 Å². The number of hydrogen-bond acceptors (Lipinski definition) is 6. The van der Waals surface area contributed by atoms with Gasteiger partial charge in [0, 0.05) is 11.3 Å².